The summed E-state index contributed by atoms with van der Waals surface area (Å²) in [6, 6.07) is 9.63. The SMILES string of the molecule is O=PCc1ccc2cccc([O][AlH])c2n1. The lowest BCUT2D eigenvalue weighted by molar-refractivity contribution is 0.598. The van der Waals surface area contributed by atoms with Crippen molar-refractivity contribution in [2.24, 2.45) is 0 Å². The monoisotopic (exact) mass is 232 g/mol. The van der Waals surface area contributed by atoms with E-state index in [1.54, 1.807) is 0 Å². The molecule has 0 aliphatic rings. The van der Waals surface area contributed by atoms with Gasteiger partial charge in [-0.15, -0.1) is 0 Å². The summed E-state index contributed by atoms with van der Waals surface area (Å²) in [6.07, 6.45) is 0.441. The van der Waals surface area contributed by atoms with Gasteiger partial charge in [-0.1, -0.05) is 18.2 Å². The minimum atomic E-state index is 0.0887. The first kappa shape index (κ1) is 10.6. The van der Waals surface area contributed by atoms with Crippen LogP contribution in [0.4, 0.5) is 0 Å². The van der Waals surface area contributed by atoms with Gasteiger partial charge in [0.2, 0.25) is 0 Å². The summed E-state index contributed by atoms with van der Waals surface area (Å²) < 4.78 is 15.7. The molecule has 1 aromatic carbocycles. The van der Waals surface area contributed by atoms with Crippen molar-refractivity contribution in [1.29, 1.82) is 0 Å². The molecular weight excluding hydrogens is 224 g/mol. The summed E-state index contributed by atoms with van der Waals surface area (Å²) in [7, 11) is 0.0887. The van der Waals surface area contributed by atoms with Gasteiger partial charge in [0, 0.05) is 5.39 Å². The summed E-state index contributed by atoms with van der Waals surface area (Å²) >= 11 is 1.42. The second-order valence-electron chi connectivity index (χ2n) is 3.06. The van der Waals surface area contributed by atoms with E-state index < -0.39 is 0 Å². The number of hydrogen-bond donors (Lipinski definition) is 0. The maximum atomic E-state index is 10.5. The molecule has 0 aliphatic carbocycles. The number of nitrogens with zero attached hydrogens (tertiary/aromatic N) is 1. The van der Waals surface area contributed by atoms with Crippen LogP contribution in [-0.4, -0.2) is 21.6 Å². The average Bonchev–Trinajstić information content (AvgIpc) is 2.28. The quantitative estimate of drug-likeness (QED) is 0.601. The van der Waals surface area contributed by atoms with Gasteiger partial charge in [0.25, 0.3) is 0 Å². The maximum Gasteiger partial charge on any atom is 0.494 e. The van der Waals surface area contributed by atoms with Crippen molar-refractivity contribution in [2.75, 3.05) is 0 Å². The number of hydrogen-bond acceptors (Lipinski definition) is 3. The van der Waals surface area contributed by atoms with Gasteiger partial charge in [0.1, 0.15) is 11.3 Å². The molecule has 2 aromatic rings. The standard InChI is InChI=1S/C10H8NO2P.Al.H/c12-9-3-1-2-7-4-5-8(6-14-13)11-10(7)9;;/h1-5,12H,6H2;;/q;+1;/p-1. The van der Waals surface area contributed by atoms with Crippen LogP contribution >= 0.6 is 8.46 Å². The molecule has 73 valence electrons. The Morgan fingerprint density at radius 2 is 2.20 bits per heavy atom. The van der Waals surface area contributed by atoms with E-state index in [-0.39, 0.29) is 8.46 Å². The van der Waals surface area contributed by atoms with E-state index in [0.717, 1.165) is 22.3 Å². The summed E-state index contributed by atoms with van der Waals surface area (Å²) in [5, 5.41) is 1.03. The Bertz CT molecular complexity index is 504. The average molecular weight is 232 g/mol. The topological polar surface area (TPSA) is 39.2 Å². The Morgan fingerprint density at radius 3 is 2.93 bits per heavy atom. The number of benzene rings is 1. The number of rotatable bonds is 3. The molecule has 1 aromatic heterocycles. The highest BCUT2D eigenvalue weighted by atomic mass is 31.1. The van der Waals surface area contributed by atoms with E-state index in [4.69, 9.17) is 3.79 Å². The summed E-state index contributed by atoms with van der Waals surface area (Å²) in [6.45, 7) is 0. The van der Waals surface area contributed by atoms with E-state index in [2.05, 4.69) is 4.98 Å². The van der Waals surface area contributed by atoms with Gasteiger partial charge >= 0.3 is 16.6 Å². The molecule has 0 saturated heterocycles. The zero-order valence-corrected chi connectivity index (χ0v) is 10.3. The molecule has 1 radical (unpaired) electrons. The molecule has 2 rings (SSSR count). The fraction of sp³-hybridized carbons (Fsp3) is 0.100. The van der Waals surface area contributed by atoms with Crippen LogP contribution < -0.4 is 3.79 Å². The molecule has 0 bridgehead atoms. The lowest BCUT2D eigenvalue weighted by Gasteiger charge is -2.06. The first-order valence-electron chi connectivity index (χ1n) is 4.45. The third-order valence-corrected chi connectivity index (χ3v) is 2.89. The highest BCUT2D eigenvalue weighted by molar-refractivity contribution is 7.22. The van der Waals surface area contributed by atoms with Gasteiger partial charge < -0.3 is 3.79 Å². The van der Waals surface area contributed by atoms with Crippen LogP contribution in [-0.2, 0) is 10.7 Å². The van der Waals surface area contributed by atoms with Crippen molar-refractivity contribution < 1.29 is 8.35 Å². The fourth-order valence-electron chi connectivity index (χ4n) is 1.43. The number of aromatic nitrogens is 1. The van der Waals surface area contributed by atoms with Gasteiger partial charge in [-0.05, 0) is 12.1 Å². The van der Waals surface area contributed by atoms with Crippen LogP contribution in [0.5, 0.6) is 5.75 Å². The van der Waals surface area contributed by atoms with Crippen molar-refractivity contribution in [2.45, 2.75) is 6.16 Å². The Kier molecular flexibility index (Phi) is 3.33. The third kappa shape index (κ3) is 2.18. The lowest BCUT2D eigenvalue weighted by Crippen LogP contribution is -1.91. The number of para-hydroxylation sites is 1. The van der Waals surface area contributed by atoms with Crippen molar-refractivity contribution in [3.8, 4) is 5.75 Å². The zero-order chi connectivity index (χ0) is 10.7. The van der Waals surface area contributed by atoms with Gasteiger partial charge in [-0.3, -0.25) is 4.57 Å². The molecule has 0 fully saturated rings. The van der Waals surface area contributed by atoms with Gasteiger partial charge in [-0.2, -0.15) is 0 Å². The smallest absolute Gasteiger partial charge is 0.494 e. The van der Waals surface area contributed by atoms with Crippen molar-refractivity contribution in [3.63, 3.8) is 0 Å². The maximum absolute atomic E-state index is 10.5. The second kappa shape index (κ2) is 4.72. The minimum absolute atomic E-state index is 0.0887. The summed E-state index contributed by atoms with van der Waals surface area (Å²) in [4.78, 5) is 4.41. The Morgan fingerprint density at radius 1 is 1.33 bits per heavy atom. The molecule has 15 heavy (non-hydrogen) atoms. The summed E-state index contributed by atoms with van der Waals surface area (Å²) in [5.41, 5.74) is 1.64. The van der Waals surface area contributed by atoms with Crippen LogP contribution in [0.25, 0.3) is 10.9 Å². The Balaban J connectivity index is 2.61. The van der Waals surface area contributed by atoms with Crippen molar-refractivity contribution in [1.82, 2.24) is 4.98 Å². The van der Waals surface area contributed by atoms with E-state index in [0.29, 0.717) is 6.16 Å². The lowest BCUT2D eigenvalue weighted by atomic mass is 10.2. The first-order valence-corrected chi connectivity index (χ1v) is 6.02. The van der Waals surface area contributed by atoms with Gasteiger partial charge in [0.15, 0.2) is 8.46 Å². The number of pyridine rings is 1. The van der Waals surface area contributed by atoms with E-state index in [9.17, 15) is 4.57 Å². The largest absolute Gasteiger partial charge is 0.649 e. The Labute approximate surface area is 97.4 Å². The molecule has 5 heteroatoms. The molecule has 0 amide bonds. The van der Waals surface area contributed by atoms with E-state index in [1.807, 2.05) is 30.3 Å². The molecule has 3 nitrogen and oxygen atoms in total. The predicted molar refractivity (Wildman–Crippen MR) is 60.8 cm³/mol. The van der Waals surface area contributed by atoms with Crippen LogP contribution in [0.2, 0.25) is 0 Å². The molecule has 0 unspecified atom stereocenters. The minimum Gasteiger partial charge on any atom is -0.649 e. The van der Waals surface area contributed by atoms with E-state index >= 15 is 0 Å². The molecule has 0 atom stereocenters. The Hall–Kier alpha value is -0.938. The van der Waals surface area contributed by atoms with Crippen LogP contribution in [0.15, 0.2) is 30.3 Å². The van der Waals surface area contributed by atoms with Crippen LogP contribution in [0.3, 0.4) is 0 Å². The highest BCUT2D eigenvalue weighted by Crippen LogP contribution is 2.24. The first-order chi connectivity index (χ1) is 7.35. The fourth-order valence-corrected chi connectivity index (χ4v) is 1.97. The molecule has 1 heterocycles. The normalized spacial score (nSPS) is 10.7. The predicted octanol–water partition coefficient (Wildman–Crippen LogP) is 2.22. The van der Waals surface area contributed by atoms with Crippen molar-refractivity contribution in [3.05, 3.63) is 36.0 Å². The summed E-state index contributed by atoms with van der Waals surface area (Å²) in [5.74, 6) is 0.759. The van der Waals surface area contributed by atoms with E-state index in [1.165, 1.54) is 16.6 Å². The van der Waals surface area contributed by atoms with Gasteiger partial charge in [0.05, 0.1) is 11.9 Å². The highest BCUT2D eigenvalue weighted by Gasteiger charge is 2.02. The second-order valence-corrected chi connectivity index (χ2v) is 3.93. The molecule has 0 saturated carbocycles. The molecular formula is C10H8AlNO2P. The van der Waals surface area contributed by atoms with Crippen LogP contribution in [0.1, 0.15) is 5.69 Å². The molecule has 0 N–H and O–H groups in total. The molecule has 0 aliphatic heterocycles. The van der Waals surface area contributed by atoms with Crippen molar-refractivity contribution >= 4 is 36.0 Å². The van der Waals surface area contributed by atoms with Crippen LogP contribution in [0, 0.1) is 0 Å². The van der Waals surface area contributed by atoms with Gasteiger partial charge in [-0.25, -0.2) is 4.98 Å². The third-order valence-electron chi connectivity index (χ3n) is 2.12. The zero-order valence-electron chi connectivity index (χ0n) is 8.01. The molecule has 0 spiro atoms. The number of fused-ring (bicyclic) bond motifs is 1.